The van der Waals surface area contributed by atoms with Crippen LogP contribution in [0.25, 0.3) is 0 Å². The molecule has 0 aromatic rings. The fourth-order valence-corrected chi connectivity index (χ4v) is 0. The predicted octanol–water partition coefficient (Wildman–Crippen LogP) is -5.90. The van der Waals surface area contributed by atoms with Crippen molar-refractivity contribution in [1.82, 2.24) is 0 Å². The molecule has 0 aliphatic carbocycles. The molecular formula is H12AlBFeMgO4Si. The summed E-state index contributed by atoms with van der Waals surface area (Å²) in [7, 11) is -4.61. The average Bonchev–Trinajstić information content (AvgIpc) is 0.722. The fourth-order valence-electron chi connectivity index (χ4n) is 0. The van der Waals surface area contributed by atoms with Crippen molar-refractivity contribution in [3.63, 3.8) is 0 Å². The molecule has 9 heavy (non-hydrogen) atoms. The molecule has 0 heterocycles. The number of rotatable bonds is 0. The summed E-state index contributed by atoms with van der Waals surface area (Å²) in [6.07, 6.45) is 0. The van der Waals surface area contributed by atoms with Crippen LogP contribution in [0.3, 0.4) is 0 Å². The first-order valence-corrected chi connectivity index (χ1v) is 2.68. The summed E-state index contributed by atoms with van der Waals surface area (Å²) in [4.78, 5) is 29.3. The van der Waals surface area contributed by atoms with Crippen LogP contribution in [0.1, 0.15) is 0 Å². The van der Waals surface area contributed by atoms with E-state index in [0.29, 0.717) is 0 Å². The van der Waals surface area contributed by atoms with Gasteiger partial charge >= 0.3 is 32.1 Å². The number of hydrogen-bond donors (Lipinski definition) is 4. The number of hydrogen-bond acceptors (Lipinski definition) is 4. The van der Waals surface area contributed by atoms with Crippen molar-refractivity contribution in [2.45, 2.75) is 0 Å². The molecule has 0 aliphatic heterocycles. The second kappa shape index (κ2) is 12.6. The normalized spacial score (nSPS) is 6.67. The minimum absolute atomic E-state index is 0. The van der Waals surface area contributed by atoms with Crippen molar-refractivity contribution >= 4 is 57.9 Å². The zero-order valence-corrected chi connectivity index (χ0v) is 4.75. The van der Waals surface area contributed by atoms with Gasteiger partial charge in [-0.25, -0.2) is 0 Å². The molecule has 0 saturated heterocycles. The van der Waals surface area contributed by atoms with Gasteiger partial charge in [0.2, 0.25) is 0 Å². The third-order valence-electron chi connectivity index (χ3n) is 0. The summed E-state index contributed by atoms with van der Waals surface area (Å²) in [6, 6.07) is 0. The van der Waals surface area contributed by atoms with Crippen LogP contribution in [0, 0.1) is 0 Å². The Hall–Kier alpha value is 1.94. The van der Waals surface area contributed by atoms with Crippen molar-refractivity contribution in [2.24, 2.45) is 0 Å². The Morgan fingerprint density at radius 2 is 0.889 bits per heavy atom. The maximum absolute atomic E-state index is 7.33. The zero-order chi connectivity index (χ0) is 4.50. The van der Waals surface area contributed by atoms with Gasteiger partial charge in [-0.05, 0) is 0 Å². The van der Waals surface area contributed by atoms with Crippen LogP contribution < -0.4 is 0 Å². The Kier molecular flexibility index (Phi) is 42.9. The molecule has 4 nitrogen and oxygen atoms in total. The molecule has 0 aliphatic rings. The second-order valence-electron chi connectivity index (χ2n) is 0.600. The minimum atomic E-state index is -4.61. The molecular weight excluding hydrogens is 210 g/mol. The molecule has 0 saturated carbocycles. The summed E-state index contributed by atoms with van der Waals surface area (Å²) in [5.41, 5.74) is 0. The van der Waals surface area contributed by atoms with Crippen molar-refractivity contribution in [1.29, 1.82) is 0 Å². The Morgan fingerprint density at radius 3 is 0.889 bits per heavy atom. The fraction of sp³-hybridized carbons (Fsp3) is 0. The van der Waals surface area contributed by atoms with Gasteiger partial charge in [0, 0.05) is 17.1 Å². The summed E-state index contributed by atoms with van der Waals surface area (Å²) < 4.78 is 0. The van der Waals surface area contributed by atoms with E-state index < -0.39 is 9.05 Å². The van der Waals surface area contributed by atoms with E-state index in [1.54, 1.807) is 0 Å². The molecule has 0 aromatic heterocycles. The van der Waals surface area contributed by atoms with Gasteiger partial charge in [0.1, 0.15) is 0 Å². The monoisotopic (exact) mass is 222 g/mol. The maximum atomic E-state index is 7.33. The Balaban J connectivity index is -0.0000000133. The van der Waals surface area contributed by atoms with E-state index in [0.717, 1.165) is 0 Å². The molecule has 0 spiro atoms. The van der Waals surface area contributed by atoms with Gasteiger partial charge in [0.05, 0.1) is 8.41 Å². The zero-order valence-electron chi connectivity index (χ0n) is 2.64. The van der Waals surface area contributed by atoms with Crippen LogP contribution in [0.15, 0.2) is 0 Å². The molecule has 56 valence electrons. The molecule has 0 radical (unpaired) electrons. The van der Waals surface area contributed by atoms with Crippen molar-refractivity contribution in [3.8, 4) is 0 Å². The standard InChI is InChI=1S/Al.BH3.Fe.Mg.H4O4Si.5H/c;;;;1-5(2,3)4;;;;;/h;1H3;;;1-4H;;;;;. The Labute approximate surface area is 93.5 Å². The molecule has 0 rings (SSSR count). The molecule has 0 fully saturated rings. The average molecular weight is 222 g/mol. The van der Waals surface area contributed by atoms with Crippen LogP contribution in [-0.2, 0) is 17.1 Å². The minimum Gasteiger partial charge on any atom is -0.368 e. The van der Waals surface area contributed by atoms with E-state index in [1.165, 1.54) is 0 Å². The third-order valence-corrected chi connectivity index (χ3v) is 0. The van der Waals surface area contributed by atoms with Gasteiger partial charge in [0.15, 0.2) is 17.4 Å². The van der Waals surface area contributed by atoms with Crippen LogP contribution >= 0.6 is 0 Å². The van der Waals surface area contributed by atoms with E-state index in [4.69, 9.17) is 19.2 Å². The molecule has 0 atom stereocenters. The Bertz CT molecular complexity index is 36.0. The van der Waals surface area contributed by atoms with Crippen molar-refractivity contribution < 1.29 is 36.3 Å². The SMILES string of the molecule is B.O[Si](O)(O)O.[AlH3].[Fe].[MgH2]. The molecule has 0 aromatic carbocycles. The Morgan fingerprint density at radius 1 is 0.889 bits per heavy atom. The molecule has 0 unspecified atom stereocenters. The van der Waals surface area contributed by atoms with Crippen LogP contribution in [-0.4, -0.2) is 77.1 Å². The molecule has 9 heteroatoms. The van der Waals surface area contributed by atoms with Gasteiger partial charge in [-0.2, -0.15) is 0 Å². The van der Waals surface area contributed by atoms with E-state index in [2.05, 4.69) is 0 Å². The van der Waals surface area contributed by atoms with Gasteiger partial charge < -0.3 is 19.2 Å². The van der Waals surface area contributed by atoms with Gasteiger partial charge in [-0.1, -0.05) is 0 Å². The molecule has 0 bridgehead atoms. The quantitative estimate of drug-likeness (QED) is 0.308. The van der Waals surface area contributed by atoms with Gasteiger partial charge in [0.25, 0.3) is 0 Å². The van der Waals surface area contributed by atoms with E-state index in [9.17, 15) is 0 Å². The second-order valence-corrected chi connectivity index (χ2v) is 1.80. The summed E-state index contributed by atoms with van der Waals surface area (Å²) >= 11 is 0. The van der Waals surface area contributed by atoms with Crippen molar-refractivity contribution in [3.05, 3.63) is 0 Å². The van der Waals surface area contributed by atoms with E-state index >= 15 is 0 Å². The molecule has 4 N–H and O–H groups in total. The largest absolute Gasteiger partial charge is 0.668 e. The third kappa shape index (κ3) is 167. The summed E-state index contributed by atoms with van der Waals surface area (Å²) in [6.45, 7) is 0. The predicted molar refractivity (Wildman–Crippen MR) is 43.1 cm³/mol. The van der Waals surface area contributed by atoms with Crippen LogP contribution in [0.2, 0.25) is 0 Å². The van der Waals surface area contributed by atoms with Gasteiger partial charge in [-0.3, -0.25) is 0 Å². The van der Waals surface area contributed by atoms with E-state index in [-0.39, 0.29) is 65.9 Å². The maximum Gasteiger partial charge on any atom is 0.668 e. The summed E-state index contributed by atoms with van der Waals surface area (Å²) in [5, 5.41) is 0. The topological polar surface area (TPSA) is 80.9 Å². The first kappa shape index (κ1) is 30.6. The smallest absolute Gasteiger partial charge is 0.368 e. The van der Waals surface area contributed by atoms with Gasteiger partial charge in [-0.15, -0.1) is 0 Å². The first-order valence-electron chi connectivity index (χ1n) is 0.894. The van der Waals surface area contributed by atoms with E-state index in [1.807, 2.05) is 0 Å². The van der Waals surface area contributed by atoms with Crippen LogP contribution in [0.4, 0.5) is 0 Å². The first-order chi connectivity index (χ1) is 2.00. The van der Waals surface area contributed by atoms with Crippen molar-refractivity contribution in [2.75, 3.05) is 0 Å². The summed E-state index contributed by atoms with van der Waals surface area (Å²) in [5.74, 6) is 0. The molecule has 0 amide bonds. The van der Waals surface area contributed by atoms with Crippen LogP contribution in [0.5, 0.6) is 0 Å².